The Balaban J connectivity index is 1.41. The lowest BCUT2D eigenvalue weighted by Gasteiger charge is -2.36. The Morgan fingerprint density at radius 1 is 1.06 bits per heavy atom. The molecule has 8 heteroatoms. The quantitative estimate of drug-likeness (QED) is 0.676. The fourth-order valence-corrected chi connectivity index (χ4v) is 4.40. The second kappa shape index (κ2) is 8.37. The van der Waals surface area contributed by atoms with Gasteiger partial charge in [0.2, 0.25) is 5.95 Å². The molecule has 1 aliphatic heterocycles. The lowest BCUT2D eigenvalue weighted by Crippen LogP contribution is -2.47. The summed E-state index contributed by atoms with van der Waals surface area (Å²) >= 11 is 0. The fourth-order valence-electron chi connectivity index (χ4n) is 4.40. The van der Waals surface area contributed by atoms with Gasteiger partial charge < -0.3 is 19.5 Å². The lowest BCUT2D eigenvalue weighted by molar-refractivity contribution is 0.0959. The van der Waals surface area contributed by atoms with Gasteiger partial charge in [-0.25, -0.2) is 9.97 Å². The summed E-state index contributed by atoms with van der Waals surface area (Å²) in [6, 6.07) is 9.78. The van der Waals surface area contributed by atoms with Crippen LogP contribution in [-0.2, 0) is 6.42 Å². The van der Waals surface area contributed by atoms with Crippen molar-refractivity contribution in [1.29, 1.82) is 0 Å². The minimum absolute atomic E-state index is 0.0215. The van der Waals surface area contributed by atoms with Crippen molar-refractivity contribution in [1.82, 2.24) is 15.0 Å². The third kappa shape index (κ3) is 3.85. The van der Waals surface area contributed by atoms with Gasteiger partial charge in [-0.05, 0) is 31.2 Å². The number of nitrogens with one attached hydrogen (secondary N) is 1. The number of anilines is 3. The topological polar surface area (TPSA) is 87.4 Å². The van der Waals surface area contributed by atoms with Gasteiger partial charge in [0.05, 0.1) is 17.5 Å². The Morgan fingerprint density at radius 2 is 1.90 bits per heavy atom. The summed E-state index contributed by atoms with van der Waals surface area (Å²) in [7, 11) is 0. The molecule has 1 N–H and O–H groups in total. The zero-order valence-electron chi connectivity index (χ0n) is 17.6. The molecule has 8 nitrogen and oxygen atoms in total. The van der Waals surface area contributed by atoms with Gasteiger partial charge in [-0.2, -0.15) is 4.98 Å². The Kier molecular flexibility index (Phi) is 5.28. The van der Waals surface area contributed by atoms with Crippen LogP contribution in [-0.4, -0.2) is 53.5 Å². The monoisotopic (exact) mass is 418 g/mol. The number of fused-ring (bicyclic) bond motifs is 1. The molecule has 0 unspecified atom stereocenters. The summed E-state index contributed by atoms with van der Waals surface area (Å²) in [5, 5.41) is 3.29. The van der Waals surface area contributed by atoms with E-state index in [1.807, 2.05) is 43.5 Å². The summed E-state index contributed by atoms with van der Waals surface area (Å²) in [5.41, 5.74) is 1.45. The van der Waals surface area contributed by atoms with Gasteiger partial charge in [0.25, 0.3) is 0 Å². The second-order valence-electron chi connectivity index (χ2n) is 7.93. The van der Waals surface area contributed by atoms with Gasteiger partial charge in [0, 0.05) is 57.7 Å². The molecule has 0 radical (unpaired) electrons. The van der Waals surface area contributed by atoms with Gasteiger partial charge in [-0.15, -0.1) is 0 Å². The van der Waals surface area contributed by atoms with Crippen molar-refractivity contribution in [2.24, 2.45) is 0 Å². The minimum atomic E-state index is 0.0215. The molecule has 1 fully saturated rings. The van der Waals surface area contributed by atoms with E-state index in [1.165, 1.54) is 0 Å². The van der Waals surface area contributed by atoms with E-state index >= 15 is 0 Å². The van der Waals surface area contributed by atoms with Crippen molar-refractivity contribution in [2.75, 3.05) is 47.8 Å². The summed E-state index contributed by atoms with van der Waals surface area (Å²) in [6.07, 6.45) is 4.58. The van der Waals surface area contributed by atoms with Crippen LogP contribution < -0.4 is 15.1 Å². The Morgan fingerprint density at radius 3 is 2.61 bits per heavy atom. The molecular formula is C23H26N6O2. The van der Waals surface area contributed by atoms with Crippen LogP contribution in [0.25, 0.3) is 0 Å². The Bertz CT molecular complexity index is 1050. The highest BCUT2D eigenvalue weighted by Crippen LogP contribution is 2.35. The Hall–Kier alpha value is -3.42. The summed E-state index contributed by atoms with van der Waals surface area (Å²) in [6.45, 7) is 6.01. The molecule has 0 saturated carbocycles. The normalized spacial score (nSPS) is 18.7. The predicted molar refractivity (Wildman–Crippen MR) is 119 cm³/mol. The standard InChI is InChI=1S/C23H26N6O2/c1-2-24-22-21-17(14-16(15-18(21)30)19-6-5-13-31-19)26-23(27-22)29-11-9-28(10-12-29)20-7-3-4-8-25-20/h3-8,13,16H,2,9-12,14-15H2,1H3,(H,24,26,27)/t16-/m0/s1. The van der Waals surface area contributed by atoms with Crippen LogP contribution in [0.5, 0.6) is 0 Å². The summed E-state index contributed by atoms with van der Waals surface area (Å²) in [5.74, 6) is 3.26. The van der Waals surface area contributed by atoms with Crippen LogP contribution in [0.2, 0.25) is 0 Å². The average molecular weight is 419 g/mol. The number of carbonyl (C=O) groups is 1. The van der Waals surface area contributed by atoms with E-state index in [-0.39, 0.29) is 11.7 Å². The van der Waals surface area contributed by atoms with Crippen LogP contribution in [0, 0.1) is 0 Å². The molecule has 0 amide bonds. The molecule has 4 heterocycles. The third-order valence-electron chi connectivity index (χ3n) is 5.95. The first-order valence-corrected chi connectivity index (χ1v) is 10.8. The van der Waals surface area contributed by atoms with Crippen LogP contribution >= 0.6 is 0 Å². The Labute approximate surface area is 181 Å². The smallest absolute Gasteiger partial charge is 0.227 e. The molecule has 0 spiro atoms. The molecule has 1 saturated heterocycles. The number of carbonyl (C=O) groups excluding carboxylic acids is 1. The van der Waals surface area contributed by atoms with Gasteiger partial charge in [0.1, 0.15) is 17.4 Å². The number of ketones is 1. The number of nitrogens with zero attached hydrogens (tertiary/aromatic N) is 5. The molecule has 0 bridgehead atoms. The van der Waals surface area contributed by atoms with E-state index in [4.69, 9.17) is 14.4 Å². The van der Waals surface area contributed by atoms with Crippen molar-refractivity contribution in [3.05, 3.63) is 59.8 Å². The first-order valence-electron chi connectivity index (χ1n) is 10.8. The maximum Gasteiger partial charge on any atom is 0.227 e. The summed E-state index contributed by atoms with van der Waals surface area (Å²) < 4.78 is 5.58. The molecule has 3 aromatic rings. The van der Waals surface area contributed by atoms with Gasteiger partial charge >= 0.3 is 0 Å². The number of piperazine rings is 1. The molecule has 160 valence electrons. The van der Waals surface area contributed by atoms with Crippen molar-refractivity contribution >= 4 is 23.4 Å². The van der Waals surface area contributed by atoms with Crippen LogP contribution in [0.3, 0.4) is 0 Å². The van der Waals surface area contributed by atoms with E-state index in [2.05, 4.69) is 20.1 Å². The number of rotatable bonds is 5. The zero-order valence-corrected chi connectivity index (χ0v) is 17.6. The second-order valence-corrected chi connectivity index (χ2v) is 7.93. The fraction of sp³-hybridized carbons (Fsp3) is 0.391. The van der Waals surface area contributed by atoms with Crippen LogP contribution in [0.1, 0.15) is 41.1 Å². The molecule has 5 rings (SSSR count). The van der Waals surface area contributed by atoms with Gasteiger partial charge in [0.15, 0.2) is 5.78 Å². The largest absolute Gasteiger partial charge is 0.469 e. The highest BCUT2D eigenvalue weighted by Gasteiger charge is 2.33. The third-order valence-corrected chi connectivity index (χ3v) is 5.95. The average Bonchev–Trinajstić information content (AvgIpc) is 3.35. The lowest BCUT2D eigenvalue weighted by atomic mass is 9.84. The van der Waals surface area contributed by atoms with E-state index < -0.39 is 0 Å². The van der Waals surface area contributed by atoms with Crippen LogP contribution in [0.4, 0.5) is 17.6 Å². The molecule has 1 aliphatic carbocycles. The maximum atomic E-state index is 13.0. The highest BCUT2D eigenvalue weighted by atomic mass is 16.3. The van der Waals surface area contributed by atoms with Crippen molar-refractivity contribution in [3.8, 4) is 0 Å². The maximum absolute atomic E-state index is 13.0. The van der Waals surface area contributed by atoms with E-state index in [1.54, 1.807) is 6.26 Å². The van der Waals surface area contributed by atoms with E-state index in [0.29, 0.717) is 36.7 Å². The van der Waals surface area contributed by atoms with Crippen molar-refractivity contribution in [2.45, 2.75) is 25.7 Å². The SMILES string of the molecule is CCNc1nc(N2CCN(c3ccccn3)CC2)nc2c1C(=O)C[C@@H](c1ccco1)C2. The number of Topliss-reactive ketones (excluding diaryl/α,β-unsaturated/α-hetero) is 1. The summed E-state index contributed by atoms with van der Waals surface area (Å²) in [4.78, 5) is 31.5. The van der Waals surface area contributed by atoms with Gasteiger partial charge in [-0.3, -0.25) is 4.79 Å². The number of aromatic nitrogens is 3. The molecule has 2 aliphatic rings. The minimum Gasteiger partial charge on any atom is -0.469 e. The number of pyridine rings is 1. The van der Waals surface area contributed by atoms with Gasteiger partial charge in [-0.1, -0.05) is 6.07 Å². The first-order chi connectivity index (χ1) is 15.2. The molecule has 3 aromatic heterocycles. The molecule has 31 heavy (non-hydrogen) atoms. The molecule has 1 atom stereocenters. The predicted octanol–water partition coefficient (Wildman–Crippen LogP) is 3.14. The van der Waals surface area contributed by atoms with E-state index in [9.17, 15) is 4.79 Å². The molecular weight excluding hydrogens is 392 g/mol. The van der Waals surface area contributed by atoms with Crippen molar-refractivity contribution < 1.29 is 9.21 Å². The van der Waals surface area contributed by atoms with Crippen molar-refractivity contribution in [3.63, 3.8) is 0 Å². The first kappa shape index (κ1) is 19.5. The number of hydrogen-bond donors (Lipinski definition) is 1. The van der Waals surface area contributed by atoms with Crippen LogP contribution in [0.15, 0.2) is 47.2 Å². The van der Waals surface area contributed by atoms with E-state index in [0.717, 1.165) is 43.5 Å². The number of furan rings is 1. The molecule has 0 aromatic carbocycles. The zero-order chi connectivity index (χ0) is 21.2. The highest BCUT2D eigenvalue weighted by molar-refractivity contribution is 6.03. The number of hydrogen-bond acceptors (Lipinski definition) is 8.